The van der Waals surface area contributed by atoms with Gasteiger partial charge in [0.2, 0.25) is 23.6 Å². The van der Waals surface area contributed by atoms with Gasteiger partial charge in [0.25, 0.3) is 0 Å². The first kappa shape index (κ1) is 37.5. The molecule has 1 aromatic heterocycles. The Bertz CT molecular complexity index is 1160. The van der Waals surface area contributed by atoms with Gasteiger partial charge in [-0.1, -0.05) is 27.7 Å². The largest absolute Gasteiger partial charge is 0.481 e. The number of aromatic amines is 1. The molecule has 246 valence electrons. The van der Waals surface area contributed by atoms with E-state index in [-0.39, 0.29) is 43.9 Å². The number of aliphatic carboxylic acids is 3. The summed E-state index contributed by atoms with van der Waals surface area (Å²) >= 11 is 0. The molecule has 1 aromatic rings. The number of imidazole rings is 1. The summed E-state index contributed by atoms with van der Waals surface area (Å²) in [5, 5.41) is 37.0. The Morgan fingerprint density at radius 1 is 0.750 bits per heavy atom. The molecule has 4 amide bonds. The number of nitrogens with zero attached hydrogens (tertiary/aromatic N) is 1. The molecule has 0 aromatic carbocycles. The fourth-order valence-corrected chi connectivity index (χ4v) is 4.11. The molecule has 0 aliphatic rings. The van der Waals surface area contributed by atoms with E-state index in [4.69, 9.17) is 15.9 Å². The molecule has 0 aliphatic heterocycles. The van der Waals surface area contributed by atoms with Crippen LogP contribution in [-0.2, 0) is 40.0 Å². The van der Waals surface area contributed by atoms with Crippen LogP contribution in [0.15, 0.2) is 12.5 Å². The number of carboxylic acid groups (broad SMARTS) is 3. The van der Waals surface area contributed by atoms with Crippen molar-refractivity contribution in [1.82, 2.24) is 31.2 Å². The first-order valence-electron chi connectivity index (χ1n) is 14.1. The first-order valence-corrected chi connectivity index (χ1v) is 14.1. The average Bonchev–Trinajstić information content (AvgIpc) is 3.42. The summed E-state index contributed by atoms with van der Waals surface area (Å²) in [6.07, 6.45) is 1.49. The third kappa shape index (κ3) is 14.1. The highest BCUT2D eigenvalue weighted by molar-refractivity contribution is 5.96. The fraction of sp³-hybridized carbons (Fsp3) is 0.630. The van der Waals surface area contributed by atoms with E-state index in [2.05, 4.69) is 31.2 Å². The maximum Gasteiger partial charge on any atom is 0.326 e. The monoisotopic (exact) mass is 625 g/mol. The molecule has 0 radical (unpaired) electrons. The Labute approximate surface area is 254 Å². The number of nitrogens with one attached hydrogen (secondary N) is 5. The molecule has 0 unspecified atom stereocenters. The predicted octanol–water partition coefficient (Wildman–Crippen LogP) is -1.26. The van der Waals surface area contributed by atoms with Gasteiger partial charge < -0.3 is 47.3 Å². The quantitative estimate of drug-likeness (QED) is 0.0820. The highest BCUT2D eigenvalue weighted by Crippen LogP contribution is 2.10. The van der Waals surface area contributed by atoms with Crippen LogP contribution in [0, 0.1) is 11.8 Å². The summed E-state index contributed by atoms with van der Waals surface area (Å²) in [6.45, 7) is 7.11. The summed E-state index contributed by atoms with van der Waals surface area (Å²) in [5.74, 6) is -7.63. The summed E-state index contributed by atoms with van der Waals surface area (Å²) < 4.78 is 0. The Balaban J connectivity index is 3.21. The van der Waals surface area contributed by atoms with E-state index < -0.39 is 78.2 Å². The van der Waals surface area contributed by atoms with Gasteiger partial charge >= 0.3 is 17.9 Å². The number of H-pyrrole nitrogens is 1. The molecule has 17 nitrogen and oxygen atoms in total. The topological polar surface area (TPSA) is 283 Å². The van der Waals surface area contributed by atoms with Crippen molar-refractivity contribution >= 4 is 41.5 Å². The predicted molar refractivity (Wildman–Crippen MR) is 154 cm³/mol. The number of carbonyl (C=O) groups excluding carboxylic acids is 4. The van der Waals surface area contributed by atoms with Crippen LogP contribution in [0.4, 0.5) is 0 Å². The van der Waals surface area contributed by atoms with Crippen LogP contribution in [0.2, 0.25) is 0 Å². The maximum atomic E-state index is 13.5. The molecule has 5 atom stereocenters. The van der Waals surface area contributed by atoms with Gasteiger partial charge in [-0.2, -0.15) is 0 Å². The van der Waals surface area contributed by atoms with Crippen LogP contribution < -0.4 is 27.0 Å². The standard InChI is InChI=1S/C27H43N7O10/c1-13(2)7-17(31-23(39)16(28)5-6-21(35)36)24(40)33-19(9-15-11-29-12-30-15)26(42)32-18(8-14(3)4)25(41)34-20(27(43)44)10-22(37)38/h11-14,16-20H,5-10,28H2,1-4H3,(H,29,30)(H,31,39)(H,32,42)(H,33,40)(H,34,41)(H,35,36)(H,37,38)(H,43,44)/t16-,17-,18-,19-,20-/m0/s1. The average molecular weight is 626 g/mol. The molecule has 0 saturated carbocycles. The second-order valence-electron chi connectivity index (χ2n) is 11.3. The number of aromatic nitrogens is 2. The lowest BCUT2D eigenvalue weighted by molar-refractivity contribution is -0.147. The van der Waals surface area contributed by atoms with E-state index in [1.807, 2.05) is 0 Å². The molecular formula is C27H43N7O10. The van der Waals surface area contributed by atoms with E-state index in [0.29, 0.717) is 5.69 Å². The Kier molecular flexibility index (Phi) is 15.5. The molecule has 0 bridgehead atoms. The number of hydrogen-bond acceptors (Lipinski definition) is 9. The van der Waals surface area contributed by atoms with Crippen LogP contribution in [0.1, 0.15) is 65.5 Å². The molecule has 1 heterocycles. The highest BCUT2D eigenvalue weighted by Gasteiger charge is 2.33. The lowest BCUT2D eigenvalue weighted by atomic mass is 10.00. The lowest BCUT2D eigenvalue weighted by Gasteiger charge is -2.27. The van der Waals surface area contributed by atoms with Crippen molar-refractivity contribution in [2.24, 2.45) is 17.6 Å². The second kappa shape index (κ2) is 18.2. The van der Waals surface area contributed by atoms with Gasteiger partial charge in [0.1, 0.15) is 24.2 Å². The Morgan fingerprint density at radius 2 is 1.23 bits per heavy atom. The zero-order chi connectivity index (χ0) is 33.6. The molecule has 0 fully saturated rings. The number of hydrogen-bond donors (Lipinski definition) is 9. The first-order chi connectivity index (χ1) is 20.5. The normalized spacial score (nSPS) is 14.5. The maximum absolute atomic E-state index is 13.5. The van der Waals surface area contributed by atoms with Crippen molar-refractivity contribution in [2.75, 3.05) is 0 Å². The summed E-state index contributed by atoms with van der Waals surface area (Å²) in [4.78, 5) is 92.6. The third-order valence-electron chi connectivity index (χ3n) is 6.29. The molecule has 0 saturated heterocycles. The van der Waals surface area contributed by atoms with Gasteiger partial charge in [0.05, 0.1) is 18.8 Å². The van der Waals surface area contributed by atoms with E-state index in [0.717, 1.165) is 0 Å². The van der Waals surface area contributed by atoms with Crippen molar-refractivity contribution in [3.05, 3.63) is 18.2 Å². The number of amides is 4. The Morgan fingerprint density at radius 3 is 1.66 bits per heavy atom. The zero-order valence-corrected chi connectivity index (χ0v) is 25.2. The zero-order valence-electron chi connectivity index (χ0n) is 25.2. The molecule has 1 rings (SSSR count). The van der Waals surface area contributed by atoms with Crippen molar-refractivity contribution in [3.63, 3.8) is 0 Å². The van der Waals surface area contributed by atoms with Gasteiger partial charge in [0, 0.05) is 24.7 Å². The van der Waals surface area contributed by atoms with Crippen LogP contribution >= 0.6 is 0 Å². The summed E-state index contributed by atoms with van der Waals surface area (Å²) in [7, 11) is 0. The minimum Gasteiger partial charge on any atom is -0.481 e. The van der Waals surface area contributed by atoms with E-state index >= 15 is 0 Å². The van der Waals surface area contributed by atoms with Gasteiger partial charge in [-0.3, -0.25) is 28.8 Å². The number of rotatable bonds is 20. The summed E-state index contributed by atoms with van der Waals surface area (Å²) in [5.41, 5.74) is 6.24. The summed E-state index contributed by atoms with van der Waals surface area (Å²) in [6, 6.07) is -6.65. The van der Waals surface area contributed by atoms with Crippen LogP contribution in [0.5, 0.6) is 0 Å². The van der Waals surface area contributed by atoms with Crippen molar-refractivity contribution in [3.8, 4) is 0 Å². The van der Waals surface area contributed by atoms with Crippen molar-refractivity contribution < 1.29 is 48.9 Å². The SMILES string of the molecule is CC(C)C[C@H](NC(=O)[C@H](Cc1cnc[nH]1)NC(=O)[C@H](CC(C)C)NC(=O)[C@@H](N)CCC(=O)O)C(=O)N[C@@H](CC(=O)O)C(=O)O. The lowest BCUT2D eigenvalue weighted by Crippen LogP contribution is -2.59. The van der Waals surface area contributed by atoms with Crippen LogP contribution in [-0.4, -0.2) is 97.0 Å². The molecule has 0 spiro atoms. The van der Waals surface area contributed by atoms with Gasteiger partial charge in [-0.05, 0) is 31.1 Å². The Hall–Kier alpha value is -4.54. The highest BCUT2D eigenvalue weighted by atomic mass is 16.4. The molecule has 17 heteroatoms. The fourth-order valence-electron chi connectivity index (χ4n) is 4.11. The third-order valence-corrected chi connectivity index (χ3v) is 6.29. The number of carbonyl (C=O) groups is 7. The van der Waals surface area contributed by atoms with Gasteiger partial charge in [-0.15, -0.1) is 0 Å². The minimum atomic E-state index is -1.74. The number of nitrogens with two attached hydrogens (primary N) is 1. The van der Waals surface area contributed by atoms with Gasteiger partial charge in [0.15, 0.2) is 0 Å². The van der Waals surface area contributed by atoms with Crippen LogP contribution in [0.25, 0.3) is 0 Å². The van der Waals surface area contributed by atoms with E-state index in [1.54, 1.807) is 27.7 Å². The molecule has 44 heavy (non-hydrogen) atoms. The molecular weight excluding hydrogens is 582 g/mol. The van der Waals surface area contributed by atoms with Crippen molar-refractivity contribution in [1.29, 1.82) is 0 Å². The smallest absolute Gasteiger partial charge is 0.326 e. The van der Waals surface area contributed by atoms with E-state index in [1.165, 1.54) is 12.5 Å². The molecule has 0 aliphatic carbocycles. The van der Waals surface area contributed by atoms with Crippen molar-refractivity contribution in [2.45, 2.75) is 96.4 Å². The number of carboxylic acids is 3. The van der Waals surface area contributed by atoms with Crippen LogP contribution in [0.3, 0.4) is 0 Å². The minimum absolute atomic E-state index is 0.0575. The van der Waals surface area contributed by atoms with Gasteiger partial charge in [-0.25, -0.2) is 9.78 Å². The molecule has 10 N–H and O–H groups in total. The second-order valence-corrected chi connectivity index (χ2v) is 11.3. The van der Waals surface area contributed by atoms with E-state index in [9.17, 15) is 38.7 Å².